The maximum absolute atomic E-state index is 13.1. The normalized spacial score (nSPS) is 15.2. The van der Waals surface area contributed by atoms with Gasteiger partial charge in [-0.25, -0.2) is 13.2 Å². The minimum atomic E-state index is -3.98. The highest BCUT2D eigenvalue weighted by atomic mass is 32.2. The Hall–Kier alpha value is -4.63. The van der Waals surface area contributed by atoms with Gasteiger partial charge >= 0.3 is 5.97 Å². The average molecular weight is 699 g/mol. The van der Waals surface area contributed by atoms with Crippen LogP contribution in [0.2, 0.25) is 0 Å². The van der Waals surface area contributed by atoms with Crippen LogP contribution >= 0.6 is 0 Å². The molecule has 1 aliphatic rings. The van der Waals surface area contributed by atoms with Crippen LogP contribution in [0.15, 0.2) is 53.4 Å². The zero-order valence-corrected chi connectivity index (χ0v) is 28.5. The SMILES string of the molecule is CCCCCCCC(=O)Nc1cc(CC(=N)N)cc(C(=O)NCC(=O)CC[C@H](NC(=O)[C@@H]2CCCN2S(=O)(=O)c2ccccc2)C(=O)O)c1. The van der Waals surface area contributed by atoms with Crippen molar-refractivity contribution in [2.24, 2.45) is 5.73 Å². The van der Waals surface area contributed by atoms with E-state index in [1.165, 1.54) is 24.3 Å². The van der Waals surface area contributed by atoms with E-state index >= 15 is 0 Å². The van der Waals surface area contributed by atoms with Crippen LogP contribution in [-0.4, -0.2) is 78.3 Å². The Morgan fingerprint density at radius 1 is 1.02 bits per heavy atom. The number of aliphatic carboxylic acids is 1. The van der Waals surface area contributed by atoms with Crippen molar-refractivity contribution in [3.63, 3.8) is 0 Å². The van der Waals surface area contributed by atoms with Crippen molar-refractivity contribution in [1.82, 2.24) is 14.9 Å². The first-order valence-corrected chi connectivity index (χ1v) is 17.9. The summed E-state index contributed by atoms with van der Waals surface area (Å²) in [6.07, 6.45) is 5.34. The highest BCUT2D eigenvalue weighted by molar-refractivity contribution is 7.89. The number of benzene rings is 2. The number of rotatable bonds is 20. The molecule has 0 radical (unpaired) electrons. The van der Waals surface area contributed by atoms with Crippen LogP contribution < -0.4 is 21.7 Å². The van der Waals surface area contributed by atoms with Gasteiger partial charge in [-0.3, -0.25) is 24.6 Å². The number of hydrogen-bond acceptors (Lipinski definition) is 8. The van der Waals surface area contributed by atoms with E-state index in [1.54, 1.807) is 24.3 Å². The Morgan fingerprint density at radius 2 is 1.73 bits per heavy atom. The number of carboxylic acids is 1. The number of ketones is 1. The molecule has 1 aliphatic heterocycles. The summed E-state index contributed by atoms with van der Waals surface area (Å²) in [5.41, 5.74) is 6.55. The molecule has 1 saturated heterocycles. The molecule has 7 N–H and O–H groups in total. The van der Waals surface area contributed by atoms with Crippen molar-refractivity contribution in [3.05, 3.63) is 59.7 Å². The average Bonchev–Trinajstić information content (AvgIpc) is 3.57. The number of nitrogens with one attached hydrogen (secondary N) is 4. The van der Waals surface area contributed by atoms with Gasteiger partial charge in [-0.1, -0.05) is 50.8 Å². The molecule has 1 heterocycles. The van der Waals surface area contributed by atoms with Gasteiger partial charge in [0.2, 0.25) is 21.8 Å². The van der Waals surface area contributed by atoms with Gasteiger partial charge in [-0.2, -0.15) is 4.31 Å². The summed E-state index contributed by atoms with van der Waals surface area (Å²) in [7, 11) is -3.98. The van der Waals surface area contributed by atoms with Gasteiger partial charge in [0.15, 0.2) is 5.78 Å². The van der Waals surface area contributed by atoms with Gasteiger partial charge in [-0.05, 0) is 61.6 Å². The molecule has 0 saturated carbocycles. The molecule has 266 valence electrons. The highest BCUT2D eigenvalue weighted by Crippen LogP contribution is 2.26. The Morgan fingerprint density at radius 3 is 2.41 bits per heavy atom. The Labute approximate surface area is 286 Å². The molecule has 0 aliphatic carbocycles. The van der Waals surface area contributed by atoms with Crippen LogP contribution in [0, 0.1) is 5.41 Å². The van der Waals surface area contributed by atoms with E-state index in [1.807, 2.05) is 0 Å². The first-order valence-electron chi connectivity index (χ1n) is 16.5. The van der Waals surface area contributed by atoms with Crippen LogP contribution in [0.5, 0.6) is 0 Å². The fraction of sp³-hybridized carbons (Fsp3) is 0.471. The maximum atomic E-state index is 13.1. The lowest BCUT2D eigenvalue weighted by Crippen LogP contribution is -2.51. The maximum Gasteiger partial charge on any atom is 0.326 e. The molecular formula is C34H46N6O8S. The smallest absolute Gasteiger partial charge is 0.326 e. The minimum Gasteiger partial charge on any atom is -0.480 e. The first kappa shape index (κ1) is 38.8. The number of carbonyl (C=O) groups is 5. The predicted octanol–water partition coefficient (Wildman–Crippen LogP) is 2.97. The van der Waals surface area contributed by atoms with Crippen molar-refractivity contribution in [2.45, 2.75) is 94.5 Å². The first-order chi connectivity index (χ1) is 23.3. The largest absolute Gasteiger partial charge is 0.480 e. The van der Waals surface area contributed by atoms with E-state index < -0.39 is 52.2 Å². The van der Waals surface area contributed by atoms with Crippen LogP contribution in [0.3, 0.4) is 0 Å². The number of nitrogens with zero attached hydrogens (tertiary/aromatic N) is 1. The van der Waals surface area contributed by atoms with E-state index in [4.69, 9.17) is 11.1 Å². The van der Waals surface area contributed by atoms with E-state index in [0.717, 1.165) is 36.4 Å². The van der Waals surface area contributed by atoms with Gasteiger partial charge in [-0.15, -0.1) is 0 Å². The molecule has 2 atom stereocenters. The topological polar surface area (TPSA) is 229 Å². The van der Waals surface area contributed by atoms with Crippen molar-refractivity contribution >= 4 is 51.0 Å². The Bertz CT molecular complexity index is 1620. The number of anilines is 1. The standard InChI is InChI=1S/C34H46N6O8S/c1-2-3-4-5-9-14-31(42)38-25-19-23(20-30(35)36)18-24(21-25)32(43)37-22-26(41)15-16-28(34(45)46)39-33(44)29-13-10-17-40(29)49(47,48)27-11-7-6-8-12-27/h6-8,11-12,18-19,21,28-29H,2-5,9-10,13-17,20,22H2,1H3,(H3,35,36)(H,37,43)(H,38,42)(H,39,44)(H,45,46)/t28-,29-/m0/s1. The number of nitrogens with two attached hydrogens (primary N) is 1. The molecule has 14 nitrogen and oxygen atoms in total. The summed E-state index contributed by atoms with van der Waals surface area (Å²) in [6, 6.07) is 9.67. The summed E-state index contributed by atoms with van der Waals surface area (Å²) < 4.78 is 27.3. The lowest BCUT2D eigenvalue weighted by Gasteiger charge is -2.25. The third kappa shape index (κ3) is 12.1. The second-order valence-electron chi connectivity index (χ2n) is 12.1. The van der Waals surface area contributed by atoms with Crippen molar-refractivity contribution in [2.75, 3.05) is 18.4 Å². The molecule has 0 spiro atoms. The van der Waals surface area contributed by atoms with Gasteiger partial charge in [0.1, 0.15) is 12.1 Å². The number of carbonyl (C=O) groups excluding carboxylic acids is 4. The third-order valence-corrected chi connectivity index (χ3v) is 9.99. The van der Waals surface area contributed by atoms with E-state index in [-0.39, 0.29) is 54.4 Å². The van der Waals surface area contributed by atoms with E-state index in [9.17, 15) is 37.5 Å². The summed E-state index contributed by atoms with van der Waals surface area (Å²) in [5, 5.41) is 25.0. The van der Waals surface area contributed by atoms with Gasteiger partial charge in [0, 0.05) is 37.1 Å². The predicted molar refractivity (Wildman–Crippen MR) is 184 cm³/mol. The zero-order valence-electron chi connectivity index (χ0n) is 27.7. The van der Waals surface area contributed by atoms with Crippen molar-refractivity contribution < 1.29 is 37.5 Å². The summed E-state index contributed by atoms with van der Waals surface area (Å²) in [4.78, 5) is 63.2. The van der Waals surface area contributed by atoms with E-state index in [0.29, 0.717) is 24.1 Å². The summed E-state index contributed by atoms with van der Waals surface area (Å²) >= 11 is 0. The fourth-order valence-electron chi connectivity index (χ4n) is 5.55. The summed E-state index contributed by atoms with van der Waals surface area (Å²) in [5.74, 6) is -3.64. The lowest BCUT2D eigenvalue weighted by molar-refractivity contribution is -0.142. The number of Topliss-reactive ketones (excluding diaryl/α,β-unsaturated/α-hetero) is 1. The Balaban J connectivity index is 1.56. The second-order valence-corrected chi connectivity index (χ2v) is 14.0. The van der Waals surface area contributed by atoms with Crippen LogP contribution in [0.4, 0.5) is 5.69 Å². The quantitative estimate of drug-likeness (QED) is 0.0677. The van der Waals surface area contributed by atoms with Crippen molar-refractivity contribution in [1.29, 1.82) is 5.41 Å². The summed E-state index contributed by atoms with van der Waals surface area (Å²) in [6.45, 7) is 1.79. The van der Waals surface area contributed by atoms with Crippen molar-refractivity contribution in [3.8, 4) is 0 Å². The molecule has 3 amide bonds. The molecule has 0 bridgehead atoms. The molecule has 1 fully saturated rings. The van der Waals surface area contributed by atoms with Crippen LogP contribution in [0.25, 0.3) is 0 Å². The molecule has 2 aromatic carbocycles. The number of unbranched alkanes of at least 4 members (excludes halogenated alkanes) is 4. The van der Waals surface area contributed by atoms with Gasteiger partial charge in [0.25, 0.3) is 5.91 Å². The third-order valence-electron chi connectivity index (χ3n) is 8.07. The van der Waals surface area contributed by atoms with E-state index in [2.05, 4.69) is 22.9 Å². The second kappa shape index (κ2) is 18.8. The number of amidine groups is 1. The van der Waals surface area contributed by atoms with Gasteiger partial charge < -0.3 is 26.8 Å². The zero-order chi connectivity index (χ0) is 36.0. The molecule has 0 unspecified atom stereocenters. The molecule has 0 aromatic heterocycles. The monoisotopic (exact) mass is 698 g/mol. The number of carboxylic acid groups (broad SMARTS) is 1. The molecule has 15 heteroatoms. The molecule has 3 rings (SSSR count). The highest BCUT2D eigenvalue weighted by Gasteiger charge is 2.40. The minimum absolute atomic E-state index is 0.0249. The fourth-order valence-corrected chi connectivity index (χ4v) is 7.22. The lowest BCUT2D eigenvalue weighted by atomic mass is 10.0. The molecule has 49 heavy (non-hydrogen) atoms. The van der Waals surface area contributed by atoms with Crippen LogP contribution in [-0.2, 0) is 35.6 Å². The Kier molecular flexibility index (Phi) is 14.9. The number of sulfonamides is 1. The molecule has 2 aromatic rings. The van der Waals surface area contributed by atoms with Gasteiger partial charge in [0.05, 0.1) is 17.3 Å². The number of hydrogen-bond donors (Lipinski definition) is 6. The van der Waals surface area contributed by atoms with Crippen LogP contribution in [0.1, 0.15) is 87.1 Å². The molecular weight excluding hydrogens is 652 g/mol. The number of amides is 3.